The number of anilines is 1. The fourth-order valence-electron chi connectivity index (χ4n) is 2.52. The van der Waals surface area contributed by atoms with Crippen LogP contribution in [0.25, 0.3) is 0 Å². The Hall–Kier alpha value is -1.22. The topological polar surface area (TPSA) is 41.5 Å². The molecule has 0 saturated heterocycles. The highest BCUT2D eigenvalue weighted by molar-refractivity contribution is 5.57. The molecule has 2 atom stereocenters. The molecule has 86 valence electrons. The lowest BCUT2D eigenvalue weighted by atomic mass is 9.92. The van der Waals surface area contributed by atoms with Crippen LogP contribution in [0.1, 0.15) is 18.4 Å². The highest BCUT2D eigenvalue weighted by Crippen LogP contribution is 2.40. The molecule has 3 heteroatoms. The van der Waals surface area contributed by atoms with Crippen LogP contribution in [0.3, 0.4) is 0 Å². The van der Waals surface area contributed by atoms with Gasteiger partial charge in [0.15, 0.2) is 0 Å². The number of methoxy groups -OCH3 is 1. The summed E-state index contributed by atoms with van der Waals surface area (Å²) in [4.78, 5) is 0. The standard InChI is InChI=1S/C13H17NO2/c1-16-10-4-5-11-9(6-10)7-12(15)13(14-11)8-2-3-8/h4-6,8,12-15H,2-3,7H2,1H3. The van der Waals surface area contributed by atoms with Crippen molar-refractivity contribution < 1.29 is 9.84 Å². The lowest BCUT2D eigenvalue weighted by Crippen LogP contribution is -2.40. The minimum Gasteiger partial charge on any atom is -0.497 e. The molecule has 2 unspecified atom stereocenters. The van der Waals surface area contributed by atoms with Crippen molar-refractivity contribution >= 4 is 5.69 Å². The number of hydrogen-bond donors (Lipinski definition) is 2. The van der Waals surface area contributed by atoms with Gasteiger partial charge in [-0.25, -0.2) is 0 Å². The van der Waals surface area contributed by atoms with Gasteiger partial charge in [-0.15, -0.1) is 0 Å². The van der Waals surface area contributed by atoms with Crippen molar-refractivity contribution in [1.82, 2.24) is 0 Å². The second kappa shape index (κ2) is 3.67. The zero-order valence-electron chi connectivity index (χ0n) is 9.44. The summed E-state index contributed by atoms with van der Waals surface area (Å²) in [5.41, 5.74) is 2.31. The summed E-state index contributed by atoms with van der Waals surface area (Å²) in [7, 11) is 1.67. The van der Waals surface area contributed by atoms with Gasteiger partial charge >= 0.3 is 0 Å². The van der Waals surface area contributed by atoms with Gasteiger partial charge in [-0.1, -0.05) is 0 Å². The smallest absolute Gasteiger partial charge is 0.119 e. The van der Waals surface area contributed by atoms with Crippen LogP contribution < -0.4 is 10.1 Å². The molecular weight excluding hydrogens is 202 g/mol. The highest BCUT2D eigenvalue weighted by atomic mass is 16.5. The normalized spacial score (nSPS) is 28.1. The SMILES string of the molecule is COc1ccc2c(c1)CC(O)C(C1CC1)N2. The molecule has 0 bridgehead atoms. The Morgan fingerprint density at radius 3 is 2.88 bits per heavy atom. The molecule has 3 rings (SSSR count). The number of hydrogen-bond acceptors (Lipinski definition) is 3. The molecule has 0 radical (unpaired) electrons. The fourth-order valence-corrected chi connectivity index (χ4v) is 2.52. The summed E-state index contributed by atoms with van der Waals surface area (Å²) < 4.78 is 5.19. The molecule has 2 aliphatic rings. The number of ether oxygens (including phenoxy) is 1. The average molecular weight is 219 g/mol. The van der Waals surface area contributed by atoms with E-state index in [1.807, 2.05) is 12.1 Å². The van der Waals surface area contributed by atoms with E-state index >= 15 is 0 Å². The zero-order valence-corrected chi connectivity index (χ0v) is 9.44. The number of aliphatic hydroxyl groups is 1. The Morgan fingerprint density at radius 1 is 1.38 bits per heavy atom. The molecule has 0 spiro atoms. The third kappa shape index (κ3) is 1.65. The predicted octanol–water partition coefficient (Wildman–Crippen LogP) is 1.80. The van der Waals surface area contributed by atoms with Crippen LogP contribution in [0.15, 0.2) is 18.2 Å². The molecule has 1 heterocycles. The Kier molecular flexibility index (Phi) is 2.28. The third-order valence-electron chi connectivity index (χ3n) is 3.61. The van der Waals surface area contributed by atoms with Gasteiger partial charge < -0.3 is 15.2 Å². The average Bonchev–Trinajstić information content (AvgIpc) is 3.11. The summed E-state index contributed by atoms with van der Waals surface area (Å²) in [6.45, 7) is 0. The lowest BCUT2D eigenvalue weighted by molar-refractivity contribution is 0.139. The molecule has 1 aromatic carbocycles. The summed E-state index contributed by atoms with van der Waals surface area (Å²) in [5.74, 6) is 1.53. The minimum absolute atomic E-state index is 0.251. The van der Waals surface area contributed by atoms with Crippen molar-refractivity contribution in [3.05, 3.63) is 23.8 Å². The first kappa shape index (κ1) is 9.97. The van der Waals surface area contributed by atoms with E-state index in [1.165, 1.54) is 12.8 Å². The maximum atomic E-state index is 10.1. The highest BCUT2D eigenvalue weighted by Gasteiger charge is 2.38. The third-order valence-corrected chi connectivity index (χ3v) is 3.61. The van der Waals surface area contributed by atoms with Gasteiger partial charge in [0.2, 0.25) is 0 Å². The molecule has 1 aromatic rings. The number of aliphatic hydroxyl groups excluding tert-OH is 1. The van der Waals surface area contributed by atoms with Gasteiger partial charge in [-0.2, -0.15) is 0 Å². The van der Waals surface area contributed by atoms with Gasteiger partial charge in [-0.3, -0.25) is 0 Å². The van der Waals surface area contributed by atoms with Crippen LogP contribution in [-0.2, 0) is 6.42 Å². The van der Waals surface area contributed by atoms with Crippen molar-refractivity contribution in [1.29, 1.82) is 0 Å². The van der Waals surface area contributed by atoms with Crippen LogP contribution in [0.5, 0.6) is 5.75 Å². The van der Waals surface area contributed by atoms with Crippen molar-refractivity contribution in [3.8, 4) is 5.75 Å². The molecule has 0 amide bonds. The molecule has 0 aromatic heterocycles. The van der Waals surface area contributed by atoms with E-state index in [9.17, 15) is 5.11 Å². The first-order valence-electron chi connectivity index (χ1n) is 5.89. The molecule has 1 saturated carbocycles. The van der Waals surface area contributed by atoms with E-state index in [1.54, 1.807) is 7.11 Å². The van der Waals surface area contributed by atoms with Crippen LogP contribution in [0, 0.1) is 5.92 Å². The van der Waals surface area contributed by atoms with Gasteiger partial charge in [0.25, 0.3) is 0 Å². The number of benzene rings is 1. The lowest BCUT2D eigenvalue weighted by Gasteiger charge is -2.32. The molecule has 3 nitrogen and oxygen atoms in total. The first-order valence-corrected chi connectivity index (χ1v) is 5.89. The van der Waals surface area contributed by atoms with Crippen LogP contribution in [0.4, 0.5) is 5.69 Å². The fraction of sp³-hybridized carbons (Fsp3) is 0.538. The summed E-state index contributed by atoms with van der Waals surface area (Å²) >= 11 is 0. The van der Waals surface area contributed by atoms with Crippen LogP contribution in [0.2, 0.25) is 0 Å². The van der Waals surface area contributed by atoms with E-state index in [0.29, 0.717) is 5.92 Å². The molecule has 2 N–H and O–H groups in total. The maximum absolute atomic E-state index is 10.1. The summed E-state index contributed by atoms with van der Waals surface area (Å²) in [6.07, 6.45) is 2.98. The van der Waals surface area contributed by atoms with Crippen molar-refractivity contribution in [3.63, 3.8) is 0 Å². The maximum Gasteiger partial charge on any atom is 0.119 e. The van der Waals surface area contributed by atoms with Crippen molar-refractivity contribution in [2.75, 3.05) is 12.4 Å². The quantitative estimate of drug-likeness (QED) is 0.797. The molecule has 1 aliphatic heterocycles. The Morgan fingerprint density at radius 2 is 2.19 bits per heavy atom. The van der Waals surface area contributed by atoms with Crippen LogP contribution in [-0.4, -0.2) is 24.4 Å². The Bertz CT molecular complexity index is 401. The van der Waals surface area contributed by atoms with Crippen molar-refractivity contribution in [2.45, 2.75) is 31.4 Å². The van der Waals surface area contributed by atoms with Gasteiger partial charge in [0, 0.05) is 12.1 Å². The molecule has 1 fully saturated rings. The largest absolute Gasteiger partial charge is 0.497 e. The second-order valence-corrected chi connectivity index (χ2v) is 4.80. The Balaban J connectivity index is 1.88. The van der Waals surface area contributed by atoms with Crippen molar-refractivity contribution in [2.24, 2.45) is 5.92 Å². The van der Waals surface area contributed by atoms with E-state index in [0.717, 1.165) is 23.4 Å². The minimum atomic E-state index is -0.257. The molecular formula is C13H17NO2. The number of nitrogens with one attached hydrogen (secondary N) is 1. The molecule has 16 heavy (non-hydrogen) atoms. The predicted molar refractivity (Wildman–Crippen MR) is 62.8 cm³/mol. The van der Waals surface area contributed by atoms with Crippen LogP contribution >= 0.6 is 0 Å². The van der Waals surface area contributed by atoms with Gasteiger partial charge in [0.1, 0.15) is 5.75 Å². The summed E-state index contributed by atoms with van der Waals surface area (Å²) in [5, 5.41) is 13.5. The zero-order chi connectivity index (χ0) is 11.1. The van der Waals surface area contributed by atoms with Gasteiger partial charge in [0.05, 0.1) is 19.3 Å². The number of rotatable bonds is 2. The van der Waals surface area contributed by atoms with Gasteiger partial charge in [-0.05, 0) is 42.5 Å². The number of fused-ring (bicyclic) bond motifs is 1. The van der Waals surface area contributed by atoms with E-state index < -0.39 is 0 Å². The summed E-state index contributed by atoms with van der Waals surface area (Å²) in [6, 6.07) is 6.28. The monoisotopic (exact) mass is 219 g/mol. The first-order chi connectivity index (χ1) is 7.78. The molecule has 1 aliphatic carbocycles. The van der Waals surface area contributed by atoms with E-state index in [4.69, 9.17) is 4.74 Å². The van der Waals surface area contributed by atoms with E-state index in [2.05, 4.69) is 11.4 Å². The Labute approximate surface area is 95.4 Å². The second-order valence-electron chi connectivity index (χ2n) is 4.80. The van der Waals surface area contributed by atoms with E-state index in [-0.39, 0.29) is 12.1 Å².